The van der Waals surface area contributed by atoms with Crippen molar-refractivity contribution in [3.05, 3.63) is 27.1 Å². The van der Waals surface area contributed by atoms with Crippen molar-refractivity contribution in [1.29, 1.82) is 0 Å². The SMILES string of the molecule is CCC1CN(C(=O)c2ccc([N+](=O)[O-])s2)CC/C1=N\O. The largest absolute Gasteiger partial charge is 0.411 e. The van der Waals surface area contributed by atoms with Crippen molar-refractivity contribution in [3.8, 4) is 0 Å². The Labute approximate surface area is 119 Å². The van der Waals surface area contributed by atoms with Gasteiger partial charge in [0.05, 0.1) is 15.5 Å². The number of likely N-dealkylation sites (tertiary alicyclic amines) is 1. The number of amides is 1. The summed E-state index contributed by atoms with van der Waals surface area (Å²) in [5, 5.41) is 22.8. The van der Waals surface area contributed by atoms with Gasteiger partial charge in [-0.3, -0.25) is 14.9 Å². The Bertz CT molecular complexity index is 555. The van der Waals surface area contributed by atoms with Gasteiger partial charge in [0, 0.05) is 31.5 Å². The minimum absolute atomic E-state index is 0.0324. The normalized spacial score (nSPS) is 21.1. The maximum Gasteiger partial charge on any atom is 0.324 e. The number of nitrogens with zero attached hydrogens (tertiary/aromatic N) is 3. The zero-order valence-corrected chi connectivity index (χ0v) is 11.8. The maximum atomic E-state index is 12.3. The van der Waals surface area contributed by atoms with E-state index in [1.54, 1.807) is 4.90 Å². The molecule has 0 saturated carbocycles. The molecule has 1 fully saturated rings. The third-order valence-corrected chi connectivity index (χ3v) is 4.47. The first-order valence-corrected chi connectivity index (χ1v) is 7.12. The van der Waals surface area contributed by atoms with E-state index in [2.05, 4.69) is 5.16 Å². The van der Waals surface area contributed by atoms with Gasteiger partial charge in [-0.2, -0.15) is 0 Å². The number of carbonyl (C=O) groups excluding carboxylic acids is 1. The fourth-order valence-corrected chi connectivity index (χ4v) is 3.08. The Morgan fingerprint density at radius 1 is 1.65 bits per heavy atom. The Kier molecular flexibility index (Phi) is 4.33. The van der Waals surface area contributed by atoms with Gasteiger partial charge in [0.2, 0.25) is 0 Å². The predicted octanol–water partition coefficient (Wildman–Crippen LogP) is 2.36. The van der Waals surface area contributed by atoms with Crippen LogP contribution in [-0.2, 0) is 0 Å². The Balaban J connectivity index is 2.11. The summed E-state index contributed by atoms with van der Waals surface area (Å²) < 4.78 is 0. The second-order valence-corrected chi connectivity index (χ2v) is 5.65. The third kappa shape index (κ3) is 2.79. The first kappa shape index (κ1) is 14.4. The molecule has 7 nitrogen and oxygen atoms in total. The zero-order chi connectivity index (χ0) is 14.7. The number of thiophene rings is 1. The molecular formula is C12H15N3O4S. The van der Waals surface area contributed by atoms with Gasteiger partial charge >= 0.3 is 5.00 Å². The molecular weight excluding hydrogens is 282 g/mol. The van der Waals surface area contributed by atoms with E-state index in [1.165, 1.54) is 12.1 Å². The second-order valence-electron chi connectivity index (χ2n) is 4.59. The predicted molar refractivity (Wildman–Crippen MR) is 74.5 cm³/mol. The van der Waals surface area contributed by atoms with Crippen LogP contribution < -0.4 is 0 Å². The van der Waals surface area contributed by atoms with Crippen molar-refractivity contribution in [2.75, 3.05) is 13.1 Å². The smallest absolute Gasteiger partial charge is 0.324 e. The number of hydrogen-bond donors (Lipinski definition) is 1. The topological polar surface area (TPSA) is 96.0 Å². The lowest BCUT2D eigenvalue weighted by Crippen LogP contribution is -2.43. The van der Waals surface area contributed by atoms with Crippen molar-refractivity contribution in [2.45, 2.75) is 19.8 Å². The van der Waals surface area contributed by atoms with Crippen LogP contribution in [0.1, 0.15) is 29.4 Å². The highest BCUT2D eigenvalue weighted by molar-refractivity contribution is 7.17. The molecule has 0 spiro atoms. The van der Waals surface area contributed by atoms with E-state index >= 15 is 0 Å². The number of hydrogen-bond acceptors (Lipinski definition) is 6. The lowest BCUT2D eigenvalue weighted by molar-refractivity contribution is -0.380. The molecule has 1 atom stereocenters. The molecule has 8 heteroatoms. The molecule has 1 aliphatic rings. The summed E-state index contributed by atoms with van der Waals surface area (Å²) in [7, 11) is 0. The molecule has 0 bridgehead atoms. The highest BCUT2D eigenvalue weighted by Crippen LogP contribution is 2.27. The van der Waals surface area contributed by atoms with Crippen LogP contribution in [0.2, 0.25) is 0 Å². The quantitative estimate of drug-likeness (QED) is 0.526. The van der Waals surface area contributed by atoms with Gasteiger partial charge in [0.25, 0.3) is 5.91 Å². The molecule has 0 radical (unpaired) electrons. The van der Waals surface area contributed by atoms with Gasteiger partial charge in [0.15, 0.2) is 0 Å². The molecule has 1 unspecified atom stereocenters. The summed E-state index contributed by atoms with van der Waals surface area (Å²) in [6.45, 7) is 2.93. The van der Waals surface area contributed by atoms with E-state index in [4.69, 9.17) is 5.21 Å². The minimum Gasteiger partial charge on any atom is -0.411 e. The molecule has 1 saturated heterocycles. The van der Waals surface area contributed by atoms with Crippen LogP contribution in [-0.4, -0.2) is 39.7 Å². The van der Waals surface area contributed by atoms with Crippen LogP contribution in [0.25, 0.3) is 0 Å². The van der Waals surface area contributed by atoms with Gasteiger partial charge < -0.3 is 10.1 Å². The molecule has 108 valence electrons. The number of nitro groups is 1. The number of oxime groups is 1. The lowest BCUT2D eigenvalue weighted by atomic mass is 9.93. The zero-order valence-electron chi connectivity index (χ0n) is 11.0. The van der Waals surface area contributed by atoms with Gasteiger partial charge in [0.1, 0.15) is 0 Å². The summed E-state index contributed by atoms with van der Waals surface area (Å²) in [6.07, 6.45) is 1.32. The molecule has 2 heterocycles. The fraction of sp³-hybridized carbons (Fsp3) is 0.500. The fourth-order valence-electron chi connectivity index (χ4n) is 2.29. The number of rotatable bonds is 3. The molecule has 2 rings (SSSR count). The molecule has 1 aliphatic heterocycles. The standard InChI is InChI=1S/C12H15N3O4S/c1-2-8-7-14(6-5-9(8)13-17)12(16)10-3-4-11(20-10)15(18)19/h3-4,8,17H,2,5-7H2,1H3/b13-9+. The average Bonchev–Trinajstić information content (AvgIpc) is 2.95. The van der Waals surface area contributed by atoms with Gasteiger partial charge in [-0.1, -0.05) is 23.4 Å². The van der Waals surface area contributed by atoms with Gasteiger partial charge in [-0.25, -0.2) is 0 Å². The average molecular weight is 297 g/mol. The first-order chi connectivity index (χ1) is 9.56. The van der Waals surface area contributed by atoms with Crippen LogP contribution in [0.5, 0.6) is 0 Å². The Morgan fingerprint density at radius 3 is 2.95 bits per heavy atom. The van der Waals surface area contributed by atoms with Crippen LogP contribution in [0.4, 0.5) is 5.00 Å². The van der Waals surface area contributed by atoms with Crippen LogP contribution >= 0.6 is 11.3 Å². The lowest BCUT2D eigenvalue weighted by Gasteiger charge is -2.32. The van der Waals surface area contributed by atoms with E-state index in [-0.39, 0.29) is 16.8 Å². The maximum absolute atomic E-state index is 12.3. The monoisotopic (exact) mass is 297 g/mol. The van der Waals surface area contributed by atoms with E-state index in [0.29, 0.717) is 30.1 Å². The summed E-state index contributed by atoms with van der Waals surface area (Å²) in [5.41, 5.74) is 0.716. The van der Waals surface area contributed by atoms with Crippen molar-refractivity contribution >= 4 is 28.0 Å². The number of carbonyl (C=O) groups is 1. The van der Waals surface area contributed by atoms with Gasteiger partial charge in [-0.05, 0) is 12.5 Å². The molecule has 1 N–H and O–H groups in total. The molecule has 0 aliphatic carbocycles. The van der Waals surface area contributed by atoms with E-state index in [0.717, 1.165) is 17.8 Å². The summed E-state index contributed by atoms with van der Waals surface area (Å²) in [6, 6.07) is 2.83. The van der Waals surface area contributed by atoms with Gasteiger partial charge in [-0.15, -0.1) is 0 Å². The third-order valence-electron chi connectivity index (χ3n) is 3.44. The van der Waals surface area contributed by atoms with Crippen LogP contribution in [0, 0.1) is 16.0 Å². The highest BCUT2D eigenvalue weighted by Gasteiger charge is 2.29. The summed E-state index contributed by atoms with van der Waals surface area (Å²) in [4.78, 5) is 24.5. The van der Waals surface area contributed by atoms with Crippen molar-refractivity contribution in [2.24, 2.45) is 11.1 Å². The van der Waals surface area contributed by atoms with E-state index in [9.17, 15) is 14.9 Å². The second kappa shape index (κ2) is 6.00. The van der Waals surface area contributed by atoms with Crippen molar-refractivity contribution in [1.82, 2.24) is 4.90 Å². The van der Waals surface area contributed by atoms with Crippen molar-refractivity contribution < 1.29 is 14.9 Å². The summed E-state index contributed by atoms with van der Waals surface area (Å²) in [5.74, 6) is -0.147. The summed E-state index contributed by atoms with van der Waals surface area (Å²) >= 11 is 0.888. The molecule has 0 aromatic carbocycles. The highest BCUT2D eigenvalue weighted by atomic mass is 32.1. The molecule has 20 heavy (non-hydrogen) atoms. The first-order valence-electron chi connectivity index (χ1n) is 6.31. The minimum atomic E-state index is -0.497. The number of piperidine rings is 1. The van der Waals surface area contributed by atoms with Crippen LogP contribution in [0.15, 0.2) is 17.3 Å². The van der Waals surface area contributed by atoms with E-state index in [1.807, 2.05) is 6.92 Å². The van der Waals surface area contributed by atoms with E-state index < -0.39 is 4.92 Å². The molecule has 1 aromatic rings. The molecule has 1 aromatic heterocycles. The van der Waals surface area contributed by atoms with Crippen LogP contribution in [0.3, 0.4) is 0 Å². The van der Waals surface area contributed by atoms with Crippen molar-refractivity contribution in [3.63, 3.8) is 0 Å². The molecule has 1 amide bonds. The Hall–Kier alpha value is -1.96. The Morgan fingerprint density at radius 2 is 2.40 bits per heavy atom.